The van der Waals surface area contributed by atoms with Crippen LogP contribution >= 0.6 is 0 Å². The number of anilines is 1. The van der Waals surface area contributed by atoms with Gasteiger partial charge in [-0.05, 0) is 0 Å². The molecule has 0 saturated heterocycles. The molecule has 18 heavy (non-hydrogen) atoms. The zero-order valence-electron chi connectivity index (χ0n) is 10.2. The third-order valence-corrected chi connectivity index (χ3v) is 3.76. The second kappa shape index (κ2) is 6.09. The summed E-state index contributed by atoms with van der Waals surface area (Å²) in [5.41, 5.74) is 8.11. The predicted molar refractivity (Wildman–Crippen MR) is 72.5 cm³/mol. The fraction of sp³-hybridized carbons (Fsp3) is 0.417. The molecule has 5 nitrogen and oxygen atoms in total. The van der Waals surface area contributed by atoms with Crippen molar-refractivity contribution in [2.24, 2.45) is 13.7 Å². The van der Waals surface area contributed by atoms with Crippen LogP contribution in [0, 0.1) is 0 Å². The molecule has 1 heterocycles. The first-order valence-electron chi connectivity index (χ1n) is 5.93. The van der Waals surface area contributed by atoms with E-state index in [0.717, 1.165) is 29.9 Å². The number of rotatable bonds is 5. The Kier molecular flexibility index (Phi) is 4.47. The number of nitrogens with one attached hydrogen (secondary N) is 1. The van der Waals surface area contributed by atoms with Crippen LogP contribution < -0.4 is 11.1 Å². The predicted octanol–water partition coefficient (Wildman–Crippen LogP) is 2.49. The van der Waals surface area contributed by atoms with E-state index in [0.29, 0.717) is 6.42 Å². The Hall–Kier alpha value is -1.23. The van der Waals surface area contributed by atoms with Crippen LogP contribution in [0.15, 0.2) is 26.1 Å². The van der Waals surface area contributed by atoms with Crippen LogP contribution in [-0.4, -0.2) is 26.5 Å². The van der Waals surface area contributed by atoms with Gasteiger partial charge in [-0.1, -0.05) is 0 Å². The Morgan fingerprint density at radius 1 is 1.50 bits per heavy atom. The molecule has 1 aromatic rings. The van der Waals surface area contributed by atoms with Crippen LogP contribution in [0.5, 0.6) is 0 Å². The molecule has 1 aliphatic rings. The van der Waals surface area contributed by atoms with Crippen LogP contribution in [0.25, 0.3) is 0 Å². The zero-order valence-corrected chi connectivity index (χ0v) is 11.9. The first-order valence-corrected chi connectivity index (χ1v) is 7.47. The minimum atomic E-state index is -0.0713. The summed E-state index contributed by atoms with van der Waals surface area (Å²) in [5, 5.41) is 2.89. The Labute approximate surface area is 112 Å². The molecule has 1 aromatic carbocycles. The third kappa shape index (κ3) is 3.38. The van der Waals surface area contributed by atoms with E-state index < -0.39 is 0 Å². The number of carbonyl (C=O) groups excluding carboxylic acids is 1. The number of fused-ring (bicyclic) bond motifs is 1. The van der Waals surface area contributed by atoms with Crippen molar-refractivity contribution in [3.63, 3.8) is 0 Å². The summed E-state index contributed by atoms with van der Waals surface area (Å²) >= 11 is -0.0713. The van der Waals surface area contributed by atoms with Gasteiger partial charge in [-0.25, -0.2) is 0 Å². The van der Waals surface area contributed by atoms with Gasteiger partial charge in [0.15, 0.2) is 0 Å². The maximum absolute atomic E-state index is 11.8. The first-order chi connectivity index (χ1) is 8.66. The quantitative estimate of drug-likeness (QED) is 0.832. The van der Waals surface area contributed by atoms with Crippen LogP contribution in [0.3, 0.4) is 0 Å². The second-order valence-corrected chi connectivity index (χ2v) is 5.46. The van der Waals surface area contributed by atoms with Crippen molar-refractivity contribution < 1.29 is 4.79 Å². The van der Waals surface area contributed by atoms with Gasteiger partial charge in [0, 0.05) is 0 Å². The molecule has 2 rings (SSSR count). The number of benzene rings is 1. The van der Waals surface area contributed by atoms with Gasteiger partial charge in [0.2, 0.25) is 0 Å². The SMILES string of the molecule is CC(N)CCCC(=O)Nc1cccc2c1N=[Se]=N2. The molecule has 1 aliphatic heterocycles. The van der Waals surface area contributed by atoms with E-state index in [1.165, 1.54) is 0 Å². The number of amides is 1. The van der Waals surface area contributed by atoms with Gasteiger partial charge in [-0.3, -0.25) is 0 Å². The van der Waals surface area contributed by atoms with Crippen molar-refractivity contribution in [3.8, 4) is 0 Å². The van der Waals surface area contributed by atoms with Crippen LogP contribution in [0.2, 0.25) is 0 Å². The van der Waals surface area contributed by atoms with Gasteiger partial charge in [0.1, 0.15) is 0 Å². The van der Waals surface area contributed by atoms with Crippen LogP contribution in [0.1, 0.15) is 26.2 Å². The van der Waals surface area contributed by atoms with Crippen molar-refractivity contribution in [2.45, 2.75) is 32.2 Å². The molecule has 1 unspecified atom stereocenters. The number of hydrogen-bond acceptors (Lipinski definition) is 4. The Morgan fingerprint density at radius 2 is 2.33 bits per heavy atom. The average Bonchev–Trinajstić information content (AvgIpc) is 2.77. The molecule has 1 amide bonds. The molecule has 0 spiro atoms. The fourth-order valence-corrected chi connectivity index (χ4v) is 2.86. The number of nitrogens with two attached hydrogens (primary N) is 1. The standard InChI is InChI=1S/C12H16N4OSe/c1-8(13)4-2-7-11(17)14-9-5-3-6-10-12(9)16-18-15-10/h3,5-6,8H,2,4,7,13H2,1H3,(H,14,17). The van der Waals surface area contributed by atoms with E-state index >= 15 is 0 Å². The monoisotopic (exact) mass is 312 g/mol. The summed E-state index contributed by atoms with van der Waals surface area (Å²) in [6.07, 6.45) is 2.17. The summed E-state index contributed by atoms with van der Waals surface area (Å²) in [7, 11) is 0. The van der Waals surface area contributed by atoms with Crippen molar-refractivity contribution in [2.75, 3.05) is 5.32 Å². The molecule has 0 saturated carbocycles. The van der Waals surface area contributed by atoms with E-state index in [-0.39, 0.29) is 26.5 Å². The Balaban J connectivity index is 1.92. The third-order valence-electron chi connectivity index (χ3n) is 2.62. The van der Waals surface area contributed by atoms with Gasteiger partial charge in [-0.15, -0.1) is 0 Å². The van der Waals surface area contributed by atoms with E-state index in [2.05, 4.69) is 13.2 Å². The van der Waals surface area contributed by atoms with E-state index in [9.17, 15) is 4.79 Å². The van der Waals surface area contributed by atoms with Gasteiger partial charge in [0.25, 0.3) is 0 Å². The molecule has 96 valence electrons. The number of carbonyl (C=O) groups is 1. The van der Waals surface area contributed by atoms with Crippen LogP contribution in [-0.2, 0) is 4.79 Å². The Morgan fingerprint density at radius 3 is 3.11 bits per heavy atom. The fourth-order valence-electron chi connectivity index (χ4n) is 1.70. The first kappa shape index (κ1) is 13.2. The maximum atomic E-state index is 11.8. The minimum absolute atomic E-state index is 0.0126. The van der Waals surface area contributed by atoms with Crippen molar-refractivity contribution >= 4 is 37.5 Å². The summed E-state index contributed by atoms with van der Waals surface area (Å²) in [4.78, 5) is 11.8. The molecule has 0 bridgehead atoms. The topological polar surface area (TPSA) is 79.8 Å². The van der Waals surface area contributed by atoms with E-state index in [1.807, 2.05) is 25.1 Å². The van der Waals surface area contributed by atoms with E-state index in [4.69, 9.17) is 5.73 Å². The Bertz CT molecular complexity index is 521. The van der Waals surface area contributed by atoms with Gasteiger partial charge in [0.05, 0.1) is 0 Å². The number of hydrogen-bond donors (Lipinski definition) is 2. The molecule has 0 aliphatic carbocycles. The zero-order chi connectivity index (χ0) is 13.0. The van der Waals surface area contributed by atoms with Crippen molar-refractivity contribution in [1.82, 2.24) is 0 Å². The molecule has 0 aromatic heterocycles. The van der Waals surface area contributed by atoms with Gasteiger partial charge < -0.3 is 0 Å². The summed E-state index contributed by atoms with van der Waals surface area (Å²) in [6, 6.07) is 5.81. The molecular formula is C12H16N4OSe. The van der Waals surface area contributed by atoms with E-state index in [1.54, 1.807) is 0 Å². The molecule has 1 atom stereocenters. The average molecular weight is 311 g/mol. The van der Waals surface area contributed by atoms with Crippen LogP contribution in [0.4, 0.5) is 17.1 Å². The normalized spacial score (nSPS) is 13.9. The van der Waals surface area contributed by atoms with Crippen molar-refractivity contribution in [1.29, 1.82) is 0 Å². The second-order valence-electron chi connectivity index (χ2n) is 4.36. The molecular weight excluding hydrogens is 295 g/mol. The summed E-state index contributed by atoms with van der Waals surface area (Å²) < 4.78 is 8.60. The molecule has 0 fully saturated rings. The molecule has 3 N–H and O–H groups in total. The van der Waals surface area contributed by atoms with Gasteiger partial charge in [-0.2, -0.15) is 0 Å². The summed E-state index contributed by atoms with van der Waals surface area (Å²) in [6.45, 7) is 1.95. The van der Waals surface area contributed by atoms with Crippen molar-refractivity contribution in [3.05, 3.63) is 18.2 Å². The number of nitrogens with zero attached hydrogens (tertiary/aromatic N) is 2. The molecule has 6 heteroatoms. The summed E-state index contributed by atoms with van der Waals surface area (Å²) in [5.74, 6) is 0.0126. The van der Waals surface area contributed by atoms with Gasteiger partial charge >= 0.3 is 112 Å². The molecule has 0 radical (unpaired) electrons.